The van der Waals surface area contributed by atoms with Crippen LogP contribution in [0.25, 0.3) is 0 Å². The lowest BCUT2D eigenvalue weighted by Gasteiger charge is -2.16. The van der Waals surface area contributed by atoms with Crippen LogP contribution < -0.4 is 10.5 Å². The van der Waals surface area contributed by atoms with Crippen LogP contribution in [0.2, 0.25) is 0 Å². The largest absolute Gasteiger partial charge is 0.492 e. The van der Waals surface area contributed by atoms with Crippen molar-refractivity contribution in [3.63, 3.8) is 0 Å². The number of nitrogens with zero attached hydrogens (tertiary/aromatic N) is 3. The molecule has 24 heavy (non-hydrogen) atoms. The van der Waals surface area contributed by atoms with Crippen molar-refractivity contribution < 1.29 is 13.9 Å². The van der Waals surface area contributed by atoms with Crippen LogP contribution in [0, 0.1) is 11.7 Å². The fraction of sp³-hybridized carbons (Fsp3) is 0.412. The molecule has 2 atom stereocenters. The summed E-state index contributed by atoms with van der Waals surface area (Å²) in [7, 11) is 1.85. The highest BCUT2D eigenvalue weighted by molar-refractivity contribution is 5.78. The molecule has 1 aliphatic rings. The van der Waals surface area contributed by atoms with Crippen LogP contribution in [-0.4, -0.2) is 46.8 Å². The number of hydrogen-bond acceptors (Lipinski definition) is 4. The molecule has 0 spiro atoms. The number of nitrogens with two attached hydrogens (primary N) is 1. The van der Waals surface area contributed by atoms with Crippen LogP contribution in [-0.2, 0) is 11.8 Å². The van der Waals surface area contributed by atoms with Gasteiger partial charge >= 0.3 is 0 Å². The number of ether oxygens (including phenoxy) is 1. The van der Waals surface area contributed by atoms with Crippen molar-refractivity contribution in [2.75, 3.05) is 26.2 Å². The topological polar surface area (TPSA) is 73.4 Å². The standard InChI is InChI=1S/C17H21FN4O2/c1-21-9-12(8-20-21)15-10-22(11-16(15)17(19)23)6-7-24-14-4-2-13(18)3-5-14/h2-5,8-9,15-16H,6-7,10-11H2,1H3,(H2,19,23)/t15-,16+/m0/s1. The Kier molecular flexibility index (Phi) is 4.80. The maximum Gasteiger partial charge on any atom is 0.222 e. The fourth-order valence-electron chi connectivity index (χ4n) is 3.15. The summed E-state index contributed by atoms with van der Waals surface area (Å²) in [5, 5.41) is 4.18. The minimum absolute atomic E-state index is 0.0574. The second-order valence-electron chi connectivity index (χ2n) is 6.12. The van der Waals surface area contributed by atoms with Crippen molar-refractivity contribution in [3.8, 4) is 5.75 Å². The number of likely N-dealkylation sites (tertiary alicyclic amines) is 1. The number of aryl methyl sites for hydroxylation is 1. The Labute approximate surface area is 140 Å². The molecular formula is C17H21FN4O2. The molecule has 0 aliphatic carbocycles. The third kappa shape index (κ3) is 3.73. The first kappa shape index (κ1) is 16.4. The Morgan fingerprint density at radius 1 is 1.38 bits per heavy atom. The van der Waals surface area contributed by atoms with Crippen LogP contribution in [0.4, 0.5) is 4.39 Å². The lowest BCUT2D eigenvalue weighted by Crippen LogP contribution is -2.30. The predicted octanol–water partition coefficient (Wildman–Crippen LogP) is 1.14. The second-order valence-corrected chi connectivity index (χ2v) is 6.12. The van der Waals surface area contributed by atoms with Gasteiger partial charge in [0.25, 0.3) is 0 Å². The molecule has 1 amide bonds. The first-order chi connectivity index (χ1) is 11.5. The third-order valence-electron chi connectivity index (χ3n) is 4.40. The van der Waals surface area contributed by atoms with E-state index in [4.69, 9.17) is 10.5 Å². The summed E-state index contributed by atoms with van der Waals surface area (Å²) >= 11 is 0. The monoisotopic (exact) mass is 332 g/mol. The van der Waals surface area contributed by atoms with Gasteiger partial charge in [0.1, 0.15) is 18.2 Å². The average Bonchev–Trinajstić information content (AvgIpc) is 3.15. The Morgan fingerprint density at radius 3 is 2.75 bits per heavy atom. The van der Waals surface area contributed by atoms with Crippen LogP contribution in [0.15, 0.2) is 36.7 Å². The molecule has 1 aliphatic heterocycles. The molecule has 1 aromatic carbocycles. The fourth-order valence-corrected chi connectivity index (χ4v) is 3.15. The van der Waals surface area contributed by atoms with Gasteiger partial charge in [-0.05, 0) is 29.8 Å². The van der Waals surface area contributed by atoms with E-state index in [1.165, 1.54) is 12.1 Å². The predicted molar refractivity (Wildman–Crippen MR) is 87.0 cm³/mol. The summed E-state index contributed by atoms with van der Waals surface area (Å²) < 4.78 is 20.2. The van der Waals surface area contributed by atoms with Gasteiger partial charge in [-0.25, -0.2) is 4.39 Å². The van der Waals surface area contributed by atoms with Crippen molar-refractivity contribution in [2.24, 2.45) is 18.7 Å². The summed E-state index contributed by atoms with van der Waals surface area (Å²) in [6.07, 6.45) is 3.72. The van der Waals surface area contributed by atoms with Crippen molar-refractivity contribution >= 4 is 5.91 Å². The van der Waals surface area contributed by atoms with Gasteiger partial charge < -0.3 is 10.5 Å². The highest BCUT2D eigenvalue weighted by Gasteiger charge is 2.37. The lowest BCUT2D eigenvalue weighted by molar-refractivity contribution is -0.121. The van der Waals surface area contributed by atoms with Gasteiger partial charge in [0, 0.05) is 38.8 Å². The minimum atomic E-state index is -0.287. The molecular weight excluding hydrogens is 311 g/mol. The minimum Gasteiger partial charge on any atom is -0.492 e. The van der Waals surface area contributed by atoms with Crippen molar-refractivity contribution in [1.82, 2.24) is 14.7 Å². The zero-order valence-electron chi connectivity index (χ0n) is 13.6. The van der Waals surface area contributed by atoms with Gasteiger partial charge in [0.05, 0.1) is 12.1 Å². The first-order valence-corrected chi connectivity index (χ1v) is 7.91. The lowest BCUT2D eigenvalue weighted by atomic mass is 9.90. The molecule has 2 aromatic rings. The Hall–Kier alpha value is -2.41. The van der Waals surface area contributed by atoms with Crippen LogP contribution in [0.5, 0.6) is 5.75 Å². The van der Waals surface area contributed by atoms with E-state index < -0.39 is 0 Å². The third-order valence-corrected chi connectivity index (χ3v) is 4.40. The molecule has 2 heterocycles. The number of hydrogen-bond donors (Lipinski definition) is 1. The van der Waals surface area contributed by atoms with E-state index in [-0.39, 0.29) is 23.6 Å². The van der Waals surface area contributed by atoms with Gasteiger partial charge in [-0.3, -0.25) is 14.4 Å². The molecule has 1 saturated heterocycles. The number of rotatable bonds is 6. The summed E-state index contributed by atoms with van der Waals surface area (Å²) in [5.41, 5.74) is 6.60. The molecule has 1 fully saturated rings. The summed E-state index contributed by atoms with van der Waals surface area (Å²) in [6, 6.07) is 5.94. The van der Waals surface area contributed by atoms with E-state index in [0.29, 0.717) is 25.4 Å². The molecule has 1 aromatic heterocycles. The average molecular weight is 332 g/mol. The normalized spacial score (nSPS) is 21.1. The number of primary amides is 1. The Balaban J connectivity index is 1.57. The maximum absolute atomic E-state index is 12.9. The van der Waals surface area contributed by atoms with E-state index in [1.54, 1.807) is 23.0 Å². The molecule has 0 bridgehead atoms. The van der Waals surface area contributed by atoms with Gasteiger partial charge in [-0.15, -0.1) is 0 Å². The maximum atomic E-state index is 12.9. The van der Waals surface area contributed by atoms with Gasteiger partial charge in [-0.1, -0.05) is 0 Å². The van der Waals surface area contributed by atoms with Crippen LogP contribution in [0.3, 0.4) is 0 Å². The molecule has 0 saturated carbocycles. The van der Waals surface area contributed by atoms with Gasteiger partial charge in [0.2, 0.25) is 5.91 Å². The van der Waals surface area contributed by atoms with Crippen LogP contribution >= 0.6 is 0 Å². The molecule has 3 rings (SSSR count). The quantitative estimate of drug-likeness (QED) is 0.861. The van der Waals surface area contributed by atoms with Crippen LogP contribution in [0.1, 0.15) is 11.5 Å². The number of carbonyl (C=O) groups is 1. The van der Waals surface area contributed by atoms with E-state index in [1.807, 2.05) is 13.2 Å². The molecule has 128 valence electrons. The van der Waals surface area contributed by atoms with E-state index in [9.17, 15) is 9.18 Å². The van der Waals surface area contributed by atoms with Gasteiger partial charge in [-0.2, -0.15) is 5.10 Å². The van der Waals surface area contributed by atoms with Crippen molar-refractivity contribution in [3.05, 3.63) is 48.0 Å². The smallest absolute Gasteiger partial charge is 0.222 e. The van der Waals surface area contributed by atoms with Crippen molar-refractivity contribution in [2.45, 2.75) is 5.92 Å². The summed E-state index contributed by atoms with van der Waals surface area (Å²) in [5.74, 6) is -0.107. The highest BCUT2D eigenvalue weighted by Crippen LogP contribution is 2.32. The summed E-state index contributed by atoms with van der Waals surface area (Å²) in [6.45, 7) is 2.50. The number of aromatic nitrogens is 2. The number of benzene rings is 1. The number of amides is 1. The molecule has 7 heteroatoms. The Bertz CT molecular complexity index is 701. The zero-order chi connectivity index (χ0) is 17.1. The summed E-state index contributed by atoms with van der Waals surface area (Å²) in [4.78, 5) is 13.9. The number of halogens is 1. The molecule has 0 unspecified atom stereocenters. The van der Waals surface area contributed by atoms with Gasteiger partial charge in [0.15, 0.2) is 0 Å². The van der Waals surface area contributed by atoms with Crippen molar-refractivity contribution in [1.29, 1.82) is 0 Å². The van der Waals surface area contributed by atoms with E-state index >= 15 is 0 Å². The Morgan fingerprint density at radius 2 is 2.12 bits per heavy atom. The molecule has 6 nitrogen and oxygen atoms in total. The van der Waals surface area contributed by atoms with E-state index in [0.717, 1.165) is 12.1 Å². The zero-order valence-corrected chi connectivity index (χ0v) is 13.6. The SMILES string of the molecule is Cn1cc([C@@H]2CN(CCOc3ccc(F)cc3)C[C@H]2C(N)=O)cn1. The van der Waals surface area contributed by atoms with E-state index in [2.05, 4.69) is 10.00 Å². The second kappa shape index (κ2) is 7.00. The number of carbonyl (C=O) groups excluding carboxylic acids is 1. The molecule has 2 N–H and O–H groups in total. The molecule has 0 radical (unpaired) electrons. The first-order valence-electron chi connectivity index (χ1n) is 7.91. The highest BCUT2D eigenvalue weighted by atomic mass is 19.1.